The molecular formula is C12H13BrN2O. The monoisotopic (exact) mass is 280 g/mol. The van der Waals surface area contributed by atoms with Crippen LogP contribution in [0.4, 0.5) is 0 Å². The maximum absolute atomic E-state index is 11.2. The van der Waals surface area contributed by atoms with E-state index in [1.165, 1.54) is 5.39 Å². The average molecular weight is 281 g/mol. The van der Waals surface area contributed by atoms with Crippen LogP contribution >= 0.6 is 15.9 Å². The Morgan fingerprint density at radius 2 is 2.25 bits per heavy atom. The average Bonchev–Trinajstić information content (AvgIpc) is 2.68. The predicted molar refractivity (Wildman–Crippen MR) is 68.3 cm³/mol. The zero-order valence-corrected chi connectivity index (χ0v) is 10.6. The standard InChI is InChI=1S/C12H13BrN2O/c1-14-12(16)5-7-15-6-4-9-8-10(13)2-3-11(9)15/h2-4,6,8H,5,7H2,1H3,(H,14,16). The Kier molecular flexibility index (Phi) is 3.29. The number of amides is 1. The van der Waals surface area contributed by atoms with E-state index in [2.05, 4.69) is 44.0 Å². The van der Waals surface area contributed by atoms with E-state index in [-0.39, 0.29) is 5.91 Å². The number of carbonyl (C=O) groups is 1. The third kappa shape index (κ3) is 2.27. The van der Waals surface area contributed by atoms with Gasteiger partial charge in [0.15, 0.2) is 0 Å². The molecule has 84 valence electrons. The molecule has 0 bridgehead atoms. The van der Waals surface area contributed by atoms with E-state index in [9.17, 15) is 4.79 Å². The second-order valence-corrected chi connectivity index (χ2v) is 4.55. The quantitative estimate of drug-likeness (QED) is 0.921. The molecule has 0 radical (unpaired) electrons. The first-order chi connectivity index (χ1) is 7.70. The number of halogens is 1. The SMILES string of the molecule is CNC(=O)CCn1ccc2cc(Br)ccc21. The summed E-state index contributed by atoms with van der Waals surface area (Å²) in [4.78, 5) is 11.2. The van der Waals surface area contributed by atoms with Gasteiger partial charge in [0.25, 0.3) is 0 Å². The number of carbonyl (C=O) groups excluding carboxylic acids is 1. The Morgan fingerprint density at radius 3 is 3.00 bits per heavy atom. The Hall–Kier alpha value is -1.29. The zero-order valence-electron chi connectivity index (χ0n) is 9.03. The molecule has 0 atom stereocenters. The molecule has 2 rings (SSSR count). The lowest BCUT2D eigenvalue weighted by Gasteiger charge is -2.04. The minimum Gasteiger partial charge on any atom is -0.359 e. The van der Waals surface area contributed by atoms with E-state index in [0.717, 1.165) is 9.99 Å². The van der Waals surface area contributed by atoms with Gasteiger partial charge in [-0.25, -0.2) is 0 Å². The van der Waals surface area contributed by atoms with Crippen LogP contribution in [0.5, 0.6) is 0 Å². The van der Waals surface area contributed by atoms with Gasteiger partial charge in [-0.05, 0) is 24.3 Å². The van der Waals surface area contributed by atoms with Crippen molar-refractivity contribution in [3.8, 4) is 0 Å². The van der Waals surface area contributed by atoms with Gasteiger partial charge >= 0.3 is 0 Å². The number of benzene rings is 1. The minimum atomic E-state index is 0.0685. The highest BCUT2D eigenvalue weighted by molar-refractivity contribution is 9.10. The molecule has 1 amide bonds. The first-order valence-corrected chi connectivity index (χ1v) is 5.95. The molecule has 1 aromatic carbocycles. The van der Waals surface area contributed by atoms with Crippen molar-refractivity contribution in [2.24, 2.45) is 0 Å². The molecule has 16 heavy (non-hydrogen) atoms. The third-order valence-electron chi connectivity index (χ3n) is 2.59. The molecule has 3 nitrogen and oxygen atoms in total. The summed E-state index contributed by atoms with van der Waals surface area (Å²) in [5.41, 5.74) is 1.16. The van der Waals surface area contributed by atoms with Crippen molar-refractivity contribution in [2.45, 2.75) is 13.0 Å². The molecule has 0 spiro atoms. The lowest BCUT2D eigenvalue weighted by Crippen LogP contribution is -2.19. The van der Waals surface area contributed by atoms with Crippen molar-refractivity contribution in [1.29, 1.82) is 0 Å². The van der Waals surface area contributed by atoms with Gasteiger partial charge in [0.1, 0.15) is 0 Å². The number of aromatic nitrogens is 1. The summed E-state index contributed by atoms with van der Waals surface area (Å²) in [7, 11) is 1.66. The van der Waals surface area contributed by atoms with Crippen LogP contribution in [0.2, 0.25) is 0 Å². The summed E-state index contributed by atoms with van der Waals surface area (Å²) >= 11 is 3.44. The van der Waals surface area contributed by atoms with Gasteiger partial charge in [-0.1, -0.05) is 15.9 Å². The molecule has 0 aliphatic heterocycles. The van der Waals surface area contributed by atoms with E-state index in [1.807, 2.05) is 12.3 Å². The molecule has 1 N–H and O–H groups in total. The Bertz CT molecular complexity index is 519. The highest BCUT2D eigenvalue weighted by atomic mass is 79.9. The van der Waals surface area contributed by atoms with Crippen LogP contribution in [0.25, 0.3) is 10.9 Å². The van der Waals surface area contributed by atoms with Crippen LogP contribution in [0, 0.1) is 0 Å². The van der Waals surface area contributed by atoms with Crippen LogP contribution in [0.3, 0.4) is 0 Å². The summed E-state index contributed by atoms with van der Waals surface area (Å²) in [5, 5.41) is 3.81. The van der Waals surface area contributed by atoms with Gasteiger partial charge < -0.3 is 9.88 Å². The fraction of sp³-hybridized carbons (Fsp3) is 0.250. The van der Waals surface area contributed by atoms with Gasteiger partial charge in [-0.15, -0.1) is 0 Å². The van der Waals surface area contributed by atoms with Gasteiger partial charge in [0.2, 0.25) is 5.91 Å². The van der Waals surface area contributed by atoms with E-state index >= 15 is 0 Å². The molecule has 0 aliphatic carbocycles. The normalized spacial score (nSPS) is 10.6. The fourth-order valence-electron chi connectivity index (χ4n) is 1.71. The molecule has 0 saturated carbocycles. The maximum atomic E-state index is 11.2. The van der Waals surface area contributed by atoms with Crippen molar-refractivity contribution < 1.29 is 4.79 Å². The molecule has 0 aliphatic rings. The van der Waals surface area contributed by atoms with Crippen LogP contribution in [0.1, 0.15) is 6.42 Å². The van der Waals surface area contributed by atoms with E-state index in [4.69, 9.17) is 0 Å². The lowest BCUT2D eigenvalue weighted by atomic mass is 10.2. The largest absolute Gasteiger partial charge is 0.359 e. The van der Waals surface area contributed by atoms with Crippen LogP contribution in [0.15, 0.2) is 34.9 Å². The number of nitrogens with one attached hydrogen (secondary N) is 1. The topological polar surface area (TPSA) is 34.0 Å². The number of hydrogen-bond donors (Lipinski definition) is 1. The summed E-state index contributed by atoms with van der Waals surface area (Å²) in [6.07, 6.45) is 2.52. The highest BCUT2D eigenvalue weighted by Crippen LogP contribution is 2.20. The van der Waals surface area contributed by atoms with Crippen molar-refractivity contribution >= 4 is 32.7 Å². The van der Waals surface area contributed by atoms with Gasteiger partial charge in [-0.2, -0.15) is 0 Å². The molecule has 4 heteroatoms. The van der Waals surface area contributed by atoms with Crippen LogP contribution in [-0.2, 0) is 11.3 Å². The summed E-state index contributed by atoms with van der Waals surface area (Å²) < 4.78 is 3.17. The summed E-state index contributed by atoms with van der Waals surface area (Å²) in [5.74, 6) is 0.0685. The van der Waals surface area contributed by atoms with Gasteiger partial charge in [0.05, 0.1) is 0 Å². The number of rotatable bonds is 3. The molecule has 1 heterocycles. The van der Waals surface area contributed by atoms with Crippen molar-refractivity contribution in [1.82, 2.24) is 9.88 Å². The Balaban J connectivity index is 2.22. The van der Waals surface area contributed by atoms with Crippen molar-refractivity contribution in [3.05, 3.63) is 34.9 Å². The maximum Gasteiger partial charge on any atom is 0.221 e. The van der Waals surface area contributed by atoms with Gasteiger partial charge in [0, 0.05) is 41.6 Å². The highest BCUT2D eigenvalue weighted by Gasteiger charge is 2.03. The number of aryl methyl sites for hydroxylation is 1. The molecule has 1 aromatic heterocycles. The predicted octanol–water partition coefficient (Wildman–Crippen LogP) is 2.54. The molecule has 0 saturated heterocycles. The first-order valence-electron chi connectivity index (χ1n) is 5.15. The summed E-state index contributed by atoms with van der Waals surface area (Å²) in [6.45, 7) is 0.713. The first kappa shape index (κ1) is 11.2. The van der Waals surface area contributed by atoms with E-state index < -0.39 is 0 Å². The van der Waals surface area contributed by atoms with Crippen molar-refractivity contribution in [3.63, 3.8) is 0 Å². The lowest BCUT2D eigenvalue weighted by molar-refractivity contribution is -0.120. The second kappa shape index (κ2) is 4.70. The third-order valence-corrected chi connectivity index (χ3v) is 3.08. The van der Waals surface area contributed by atoms with E-state index in [1.54, 1.807) is 7.05 Å². The molecule has 0 unspecified atom stereocenters. The second-order valence-electron chi connectivity index (χ2n) is 3.64. The fourth-order valence-corrected chi connectivity index (χ4v) is 2.09. The van der Waals surface area contributed by atoms with Crippen LogP contribution in [-0.4, -0.2) is 17.5 Å². The minimum absolute atomic E-state index is 0.0685. The number of fused-ring (bicyclic) bond motifs is 1. The van der Waals surface area contributed by atoms with Crippen LogP contribution < -0.4 is 5.32 Å². The molecule has 0 fully saturated rings. The Morgan fingerprint density at radius 1 is 1.44 bits per heavy atom. The van der Waals surface area contributed by atoms with Gasteiger partial charge in [-0.3, -0.25) is 4.79 Å². The van der Waals surface area contributed by atoms with E-state index in [0.29, 0.717) is 13.0 Å². The molecule has 2 aromatic rings. The zero-order chi connectivity index (χ0) is 11.5. The van der Waals surface area contributed by atoms with Crippen molar-refractivity contribution in [2.75, 3.05) is 7.05 Å². The summed E-state index contributed by atoms with van der Waals surface area (Å²) in [6, 6.07) is 8.21. The number of hydrogen-bond acceptors (Lipinski definition) is 1. The Labute approximate surface area is 103 Å². The smallest absolute Gasteiger partial charge is 0.221 e. The molecular weight excluding hydrogens is 268 g/mol. The number of nitrogens with zero attached hydrogens (tertiary/aromatic N) is 1.